The van der Waals surface area contributed by atoms with Crippen LogP contribution in [0.5, 0.6) is 0 Å². The predicted molar refractivity (Wildman–Crippen MR) is 82.9 cm³/mol. The number of rotatable bonds is 8. The fourth-order valence-electron chi connectivity index (χ4n) is 1.34. The third kappa shape index (κ3) is 11.6. The van der Waals surface area contributed by atoms with Gasteiger partial charge in [0.05, 0.1) is 6.61 Å². The molecule has 0 heterocycles. The maximum absolute atomic E-state index is 5.12. The van der Waals surface area contributed by atoms with Gasteiger partial charge < -0.3 is 15.4 Å². The molecule has 0 saturated carbocycles. The SMILES string of the molecule is COCCNC(=S)NC/C=C(\C)CCC=C(C)C. The lowest BCUT2D eigenvalue weighted by Crippen LogP contribution is -2.37. The van der Waals surface area contributed by atoms with E-state index >= 15 is 0 Å². The molecule has 0 aromatic carbocycles. The Hall–Kier alpha value is -0.870. The Kier molecular flexibility index (Phi) is 10.7. The molecule has 0 spiro atoms. The lowest BCUT2D eigenvalue weighted by molar-refractivity contribution is 0.204. The molecular weight excluding hydrogens is 244 g/mol. The van der Waals surface area contributed by atoms with Crippen molar-refractivity contribution in [2.45, 2.75) is 33.6 Å². The summed E-state index contributed by atoms with van der Waals surface area (Å²) in [6.45, 7) is 8.60. The summed E-state index contributed by atoms with van der Waals surface area (Å²) in [5.41, 5.74) is 2.77. The zero-order chi connectivity index (χ0) is 13.8. The van der Waals surface area contributed by atoms with Crippen LogP contribution in [0.3, 0.4) is 0 Å². The van der Waals surface area contributed by atoms with Crippen LogP contribution in [0.1, 0.15) is 33.6 Å². The molecule has 0 aliphatic heterocycles. The second kappa shape index (κ2) is 11.2. The predicted octanol–water partition coefficient (Wildman–Crippen LogP) is 2.79. The highest BCUT2D eigenvalue weighted by atomic mass is 32.1. The van der Waals surface area contributed by atoms with Crippen molar-refractivity contribution >= 4 is 17.3 Å². The average Bonchev–Trinajstić information content (AvgIpc) is 2.29. The zero-order valence-electron chi connectivity index (χ0n) is 12.0. The Morgan fingerprint density at radius 1 is 1.17 bits per heavy atom. The van der Waals surface area contributed by atoms with Crippen molar-refractivity contribution in [3.8, 4) is 0 Å². The van der Waals surface area contributed by atoms with Crippen LogP contribution >= 0.6 is 12.2 Å². The highest BCUT2D eigenvalue weighted by Crippen LogP contribution is 2.05. The number of allylic oxidation sites excluding steroid dienone is 3. The fourth-order valence-corrected chi connectivity index (χ4v) is 1.52. The summed E-state index contributed by atoms with van der Waals surface area (Å²) in [6, 6.07) is 0. The number of nitrogens with one attached hydrogen (secondary N) is 2. The molecule has 3 nitrogen and oxygen atoms in total. The van der Waals surface area contributed by atoms with Crippen LogP contribution in [0.25, 0.3) is 0 Å². The van der Waals surface area contributed by atoms with Gasteiger partial charge in [-0.15, -0.1) is 0 Å². The van der Waals surface area contributed by atoms with E-state index in [1.807, 2.05) is 0 Å². The first kappa shape index (κ1) is 17.1. The standard InChI is InChI=1S/C14H26N2OS/c1-12(2)6-5-7-13(3)8-9-15-14(18)16-10-11-17-4/h6,8H,5,7,9-11H2,1-4H3,(H2,15,16,18)/b13-8+. The van der Waals surface area contributed by atoms with E-state index in [2.05, 4.69) is 43.6 Å². The molecule has 0 unspecified atom stereocenters. The molecule has 0 fully saturated rings. The van der Waals surface area contributed by atoms with E-state index in [-0.39, 0.29) is 0 Å². The second-order valence-corrected chi connectivity index (χ2v) is 4.91. The van der Waals surface area contributed by atoms with Gasteiger partial charge in [0.1, 0.15) is 0 Å². The van der Waals surface area contributed by atoms with Crippen molar-refractivity contribution in [2.24, 2.45) is 0 Å². The van der Waals surface area contributed by atoms with Crippen molar-refractivity contribution in [1.82, 2.24) is 10.6 Å². The summed E-state index contributed by atoms with van der Waals surface area (Å²) in [4.78, 5) is 0. The van der Waals surface area contributed by atoms with E-state index in [9.17, 15) is 0 Å². The first-order valence-corrected chi connectivity index (χ1v) is 6.76. The molecule has 18 heavy (non-hydrogen) atoms. The highest BCUT2D eigenvalue weighted by molar-refractivity contribution is 7.80. The van der Waals surface area contributed by atoms with Crippen molar-refractivity contribution in [1.29, 1.82) is 0 Å². The lowest BCUT2D eigenvalue weighted by Gasteiger charge is -2.08. The van der Waals surface area contributed by atoms with Gasteiger partial charge >= 0.3 is 0 Å². The van der Waals surface area contributed by atoms with Gasteiger partial charge in [0.25, 0.3) is 0 Å². The van der Waals surface area contributed by atoms with E-state index in [1.54, 1.807) is 7.11 Å². The van der Waals surface area contributed by atoms with Crippen LogP contribution in [0, 0.1) is 0 Å². The van der Waals surface area contributed by atoms with Crippen LogP contribution in [0.2, 0.25) is 0 Å². The maximum Gasteiger partial charge on any atom is 0.166 e. The van der Waals surface area contributed by atoms with Crippen LogP contribution in [0.15, 0.2) is 23.3 Å². The molecule has 0 saturated heterocycles. The number of methoxy groups -OCH3 is 1. The molecule has 0 aromatic rings. The van der Waals surface area contributed by atoms with Crippen molar-refractivity contribution in [3.05, 3.63) is 23.3 Å². The molecule has 4 heteroatoms. The summed E-state index contributed by atoms with van der Waals surface area (Å²) in [5, 5.41) is 6.90. The monoisotopic (exact) mass is 270 g/mol. The molecular formula is C14H26N2OS. The quantitative estimate of drug-likeness (QED) is 0.404. The van der Waals surface area contributed by atoms with Crippen molar-refractivity contribution < 1.29 is 4.74 Å². The Bertz CT molecular complexity index is 294. The van der Waals surface area contributed by atoms with Gasteiger partial charge in [-0.05, 0) is 45.8 Å². The third-order valence-corrected chi connectivity index (χ3v) is 2.68. The highest BCUT2D eigenvalue weighted by Gasteiger charge is 1.93. The minimum absolute atomic E-state index is 0.666. The normalized spacial score (nSPS) is 11.0. The van der Waals surface area contributed by atoms with Crippen LogP contribution in [-0.4, -0.2) is 31.9 Å². The summed E-state index contributed by atoms with van der Waals surface area (Å²) in [7, 11) is 1.68. The van der Waals surface area contributed by atoms with E-state index in [0.717, 1.165) is 25.9 Å². The lowest BCUT2D eigenvalue weighted by atomic mass is 10.1. The van der Waals surface area contributed by atoms with E-state index < -0.39 is 0 Å². The average molecular weight is 270 g/mol. The number of hydrogen-bond donors (Lipinski definition) is 2. The van der Waals surface area contributed by atoms with Crippen molar-refractivity contribution in [3.63, 3.8) is 0 Å². The smallest absolute Gasteiger partial charge is 0.166 e. The first-order valence-electron chi connectivity index (χ1n) is 6.36. The molecule has 0 aliphatic carbocycles. The Morgan fingerprint density at radius 2 is 1.89 bits per heavy atom. The van der Waals surface area contributed by atoms with Crippen LogP contribution < -0.4 is 10.6 Å². The summed E-state index contributed by atoms with van der Waals surface area (Å²) >= 11 is 5.12. The fraction of sp³-hybridized carbons (Fsp3) is 0.643. The van der Waals surface area contributed by atoms with Gasteiger partial charge in [0, 0.05) is 20.2 Å². The van der Waals surface area contributed by atoms with Gasteiger partial charge in [0.2, 0.25) is 0 Å². The molecule has 0 aliphatic rings. The molecule has 0 atom stereocenters. The number of thiocarbonyl (C=S) groups is 1. The van der Waals surface area contributed by atoms with E-state index in [4.69, 9.17) is 17.0 Å². The summed E-state index contributed by atoms with van der Waals surface area (Å²) in [5.74, 6) is 0. The number of hydrogen-bond acceptors (Lipinski definition) is 2. The van der Waals surface area contributed by atoms with Crippen molar-refractivity contribution in [2.75, 3.05) is 26.8 Å². The maximum atomic E-state index is 5.12. The Labute approximate surface area is 117 Å². The molecule has 0 radical (unpaired) electrons. The first-order chi connectivity index (χ1) is 8.56. The van der Waals surface area contributed by atoms with E-state index in [0.29, 0.717) is 11.7 Å². The summed E-state index contributed by atoms with van der Waals surface area (Å²) in [6.07, 6.45) is 6.67. The van der Waals surface area contributed by atoms with Gasteiger partial charge in [0.15, 0.2) is 5.11 Å². The minimum Gasteiger partial charge on any atom is -0.383 e. The van der Waals surface area contributed by atoms with Gasteiger partial charge in [-0.3, -0.25) is 0 Å². The number of ether oxygens (including phenoxy) is 1. The van der Waals surface area contributed by atoms with Gasteiger partial charge in [-0.1, -0.05) is 23.3 Å². The molecule has 0 aromatic heterocycles. The largest absolute Gasteiger partial charge is 0.383 e. The minimum atomic E-state index is 0.666. The zero-order valence-corrected chi connectivity index (χ0v) is 12.8. The van der Waals surface area contributed by atoms with Crippen LogP contribution in [0.4, 0.5) is 0 Å². The second-order valence-electron chi connectivity index (χ2n) is 4.50. The molecule has 0 amide bonds. The third-order valence-electron chi connectivity index (χ3n) is 2.40. The Morgan fingerprint density at radius 3 is 2.50 bits per heavy atom. The Balaban J connectivity index is 3.66. The van der Waals surface area contributed by atoms with E-state index in [1.165, 1.54) is 11.1 Å². The molecule has 0 bridgehead atoms. The topological polar surface area (TPSA) is 33.3 Å². The summed E-state index contributed by atoms with van der Waals surface area (Å²) < 4.78 is 4.93. The molecule has 0 rings (SSSR count). The van der Waals surface area contributed by atoms with Crippen LogP contribution in [-0.2, 0) is 4.74 Å². The van der Waals surface area contributed by atoms with Gasteiger partial charge in [-0.2, -0.15) is 0 Å². The molecule has 104 valence electrons. The van der Waals surface area contributed by atoms with Gasteiger partial charge in [-0.25, -0.2) is 0 Å². The molecule has 2 N–H and O–H groups in total.